The van der Waals surface area contributed by atoms with Gasteiger partial charge in [-0.3, -0.25) is 4.79 Å². The largest absolute Gasteiger partial charge is 0.478 e. The van der Waals surface area contributed by atoms with Gasteiger partial charge >= 0.3 is 5.97 Å². The Bertz CT molecular complexity index is 486. The Morgan fingerprint density at radius 3 is 2.58 bits per heavy atom. The zero-order chi connectivity index (χ0) is 14.6. The van der Waals surface area contributed by atoms with E-state index in [1.165, 1.54) is 6.07 Å². The van der Waals surface area contributed by atoms with Crippen LogP contribution in [0.4, 0.5) is 5.69 Å². The summed E-state index contributed by atoms with van der Waals surface area (Å²) >= 11 is 0. The fraction of sp³-hybridized carbons (Fsp3) is 0.429. The molecule has 19 heavy (non-hydrogen) atoms. The molecular formula is C14H20N2O3. The minimum absolute atomic E-state index is 0.0735. The quantitative estimate of drug-likeness (QED) is 0.758. The molecule has 5 heteroatoms. The Morgan fingerprint density at radius 2 is 2.05 bits per heavy atom. The van der Waals surface area contributed by atoms with Crippen LogP contribution < -0.4 is 11.1 Å². The molecule has 5 nitrogen and oxygen atoms in total. The highest BCUT2D eigenvalue weighted by molar-refractivity contribution is 5.97. The number of carboxylic acids is 1. The Morgan fingerprint density at radius 1 is 1.42 bits per heavy atom. The molecule has 1 unspecified atom stereocenters. The van der Waals surface area contributed by atoms with Gasteiger partial charge in [0.15, 0.2) is 0 Å². The van der Waals surface area contributed by atoms with Crippen LogP contribution in [0.15, 0.2) is 18.2 Å². The number of carbonyl (C=O) groups is 2. The second-order valence-electron chi connectivity index (χ2n) is 4.74. The van der Waals surface area contributed by atoms with Crippen LogP contribution >= 0.6 is 0 Å². The molecule has 104 valence electrons. The summed E-state index contributed by atoms with van der Waals surface area (Å²) in [5, 5.41) is 11.7. The van der Waals surface area contributed by atoms with E-state index in [-0.39, 0.29) is 17.4 Å². The fourth-order valence-corrected chi connectivity index (χ4v) is 1.67. The lowest BCUT2D eigenvalue weighted by molar-refractivity contribution is -0.118. The molecule has 0 saturated carbocycles. The number of nitrogens with one attached hydrogen (secondary N) is 1. The Balaban J connectivity index is 2.86. The van der Waals surface area contributed by atoms with Gasteiger partial charge in [-0.05, 0) is 30.5 Å². The summed E-state index contributed by atoms with van der Waals surface area (Å²) in [6, 6.07) is 4.18. The van der Waals surface area contributed by atoms with Crippen molar-refractivity contribution in [2.45, 2.75) is 33.2 Å². The second kappa shape index (κ2) is 6.33. The average Bonchev–Trinajstić information content (AvgIpc) is 2.38. The summed E-state index contributed by atoms with van der Waals surface area (Å²) < 4.78 is 0. The highest BCUT2D eigenvalue weighted by Gasteiger charge is 2.19. The standard InChI is InChI=1S/C14H20N2O3/c1-4-8(2)12(15)13(17)16-10-6-5-9(3)11(7-10)14(18)19/h5-8,12H,4,15H2,1-3H3,(H,16,17)(H,18,19)/t8?,12-/m0/s1. The molecule has 1 aromatic carbocycles. The van der Waals surface area contributed by atoms with Crippen molar-refractivity contribution in [2.24, 2.45) is 11.7 Å². The van der Waals surface area contributed by atoms with Crippen molar-refractivity contribution < 1.29 is 14.7 Å². The molecule has 0 heterocycles. The maximum absolute atomic E-state index is 11.9. The first kappa shape index (κ1) is 15.2. The normalized spacial score (nSPS) is 13.7. The van der Waals surface area contributed by atoms with Crippen LogP contribution in [0.2, 0.25) is 0 Å². The number of aryl methyl sites for hydroxylation is 1. The molecule has 0 spiro atoms. The van der Waals surface area contributed by atoms with E-state index in [0.29, 0.717) is 11.3 Å². The van der Waals surface area contributed by atoms with E-state index in [0.717, 1.165) is 6.42 Å². The highest BCUT2D eigenvalue weighted by atomic mass is 16.4. The summed E-state index contributed by atoms with van der Waals surface area (Å²) in [5.41, 5.74) is 7.09. The van der Waals surface area contributed by atoms with Crippen molar-refractivity contribution in [3.63, 3.8) is 0 Å². The number of carbonyl (C=O) groups excluding carboxylic acids is 1. The van der Waals surface area contributed by atoms with Crippen LogP contribution in [0.1, 0.15) is 36.2 Å². The molecule has 4 N–H and O–H groups in total. The number of hydrogen-bond donors (Lipinski definition) is 3. The van der Waals surface area contributed by atoms with Crippen LogP contribution in [-0.4, -0.2) is 23.0 Å². The van der Waals surface area contributed by atoms with Crippen molar-refractivity contribution >= 4 is 17.6 Å². The first-order valence-corrected chi connectivity index (χ1v) is 6.27. The predicted octanol–water partition coefficient (Wildman–Crippen LogP) is 2.01. The highest BCUT2D eigenvalue weighted by Crippen LogP contribution is 2.16. The molecule has 2 atom stereocenters. The lowest BCUT2D eigenvalue weighted by Crippen LogP contribution is -2.40. The first-order valence-electron chi connectivity index (χ1n) is 6.27. The van der Waals surface area contributed by atoms with E-state index < -0.39 is 12.0 Å². The Hall–Kier alpha value is -1.88. The fourth-order valence-electron chi connectivity index (χ4n) is 1.67. The van der Waals surface area contributed by atoms with Gasteiger partial charge in [0.05, 0.1) is 11.6 Å². The summed E-state index contributed by atoms with van der Waals surface area (Å²) in [6.07, 6.45) is 0.808. The molecule has 0 aliphatic carbocycles. The maximum Gasteiger partial charge on any atom is 0.336 e. The lowest BCUT2D eigenvalue weighted by atomic mass is 9.99. The maximum atomic E-state index is 11.9. The van der Waals surface area contributed by atoms with Crippen molar-refractivity contribution in [3.05, 3.63) is 29.3 Å². The molecule has 1 amide bonds. The van der Waals surface area contributed by atoms with E-state index in [4.69, 9.17) is 10.8 Å². The molecule has 0 aromatic heterocycles. The zero-order valence-corrected chi connectivity index (χ0v) is 11.4. The summed E-state index contributed by atoms with van der Waals surface area (Å²) in [4.78, 5) is 22.9. The van der Waals surface area contributed by atoms with Gasteiger partial charge in [-0.2, -0.15) is 0 Å². The van der Waals surface area contributed by atoms with Gasteiger partial charge in [0.1, 0.15) is 0 Å². The average molecular weight is 264 g/mol. The number of benzene rings is 1. The van der Waals surface area contributed by atoms with E-state index >= 15 is 0 Å². The summed E-state index contributed by atoms with van der Waals surface area (Å²) in [7, 11) is 0. The molecule has 1 rings (SSSR count). The summed E-state index contributed by atoms with van der Waals surface area (Å²) in [6.45, 7) is 5.58. The van der Waals surface area contributed by atoms with Crippen LogP contribution in [0.5, 0.6) is 0 Å². The number of anilines is 1. The van der Waals surface area contributed by atoms with Gasteiger partial charge in [0.2, 0.25) is 5.91 Å². The number of aromatic carboxylic acids is 1. The van der Waals surface area contributed by atoms with Gasteiger partial charge in [0.25, 0.3) is 0 Å². The zero-order valence-electron chi connectivity index (χ0n) is 11.4. The topological polar surface area (TPSA) is 92.4 Å². The number of carboxylic acid groups (broad SMARTS) is 1. The molecule has 0 aliphatic rings. The third-order valence-electron chi connectivity index (χ3n) is 3.30. The monoisotopic (exact) mass is 264 g/mol. The molecule has 0 radical (unpaired) electrons. The van der Waals surface area contributed by atoms with E-state index in [2.05, 4.69) is 5.32 Å². The molecular weight excluding hydrogens is 244 g/mol. The molecule has 0 bridgehead atoms. The van der Waals surface area contributed by atoms with Crippen molar-refractivity contribution in [3.8, 4) is 0 Å². The number of nitrogens with two attached hydrogens (primary N) is 1. The third kappa shape index (κ3) is 3.79. The molecule has 0 saturated heterocycles. The lowest BCUT2D eigenvalue weighted by Gasteiger charge is -2.18. The van der Waals surface area contributed by atoms with Gasteiger partial charge in [-0.1, -0.05) is 26.3 Å². The minimum Gasteiger partial charge on any atom is -0.478 e. The molecule has 0 fully saturated rings. The SMILES string of the molecule is CCC(C)[C@H](N)C(=O)Nc1ccc(C)c(C(=O)O)c1. The Labute approximate surface area is 112 Å². The molecule has 0 aliphatic heterocycles. The number of amides is 1. The van der Waals surface area contributed by atoms with E-state index in [1.807, 2.05) is 13.8 Å². The van der Waals surface area contributed by atoms with Crippen LogP contribution in [0, 0.1) is 12.8 Å². The Kier molecular flexibility index (Phi) is 5.06. The van der Waals surface area contributed by atoms with Crippen LogP contribution in [-0.2, 0) is 4.79 Å². The van der Waals surface area contributed by atoms with Gasteiger partial charge in [-0.25, -0.2) is 4.79 Å². The van der Waals surface area contributed by atoms with Crippen molar-refractivity contribution in [1.29, 1.82) is 0 Å². The van der Waals surface area contributed by atoms with Gasteiger partial charge in [0, 0.05) is 5.69 Å². The smallest absolute Gasteiger partial charge is 0.336 e. The second-order valence-corrected chi connectivity index (χ2v) is 4.74. The minimum atomic E-state index is -1.01. The van der Waals surface area contributed by atoms with Crippen LogP contribution in [0.25, 0.3) is 0 Å². The number of hydrogen-bond acceptors (Lipinski definition) is 3. The predicted molar refractivity (Wildman–Crippen MR) is 74.2 cm³/mol. The van der Waals surface area contributed by atoms with Gasteiger partial charge in [-0.15, -0.1) is 0 Å². The number of rotatable bonds is 5. The van der Waals surface area contributed by atoms with E-state index in [9.17, 15) is 9.59 Å². The van der Waals surface area contributed by atoms with E-state index in [1.54, 1.807) is 19.1 Å². The third-order valence-corrected chi connectivity index (χ3v) is 3.30. The van der Waals surface area contributed by atoms with Crippen LogP contribution in [0.3, 0.4) is 0 Å². The molecule has 1 aromatic rings. The summed E-state index contributed by atoms with van der Waals surface area (Å²) in [5.74, 6) is -1.24. The van der Waals surface area contributed by atoms with Crippen molar-refractivity contribution in [1.82, 2.24) is 0 Å². The van der Waals surface area contributed by atoms with Crippen molar-refractivity contribution in [2.75, 3.05) is 5.32 Å². The first-order chi connectivity index (χ1) is 8.86. The van der Waals surface area contributed by atoms with Gasteiger partial charge < -0.3 is 16.2 Å².